The molecule has 2 amide bonds. The largest absolute Gasteiger partial charge is 0.481 e. The van der Waals surface area contributed by atoms with Crippen LogP contribution in [0.1, 0.15) is 50.7 Å². The summed E-state index contributed by atoms with van der Waals surface area (Å²) >= 11 is 0. The topological polar surface area (TPSA) is 114 Å². The van der Waals surface area contributed by atoms with Gasteiger partial charge in [-0.3, -0.25) is 9.59 Å². The molecule has 2 aromatic carbocycles. The van der Waals surface area contributed by atoms with Crippen molar-refractivity contribution in [2.45, 2.75) is 50.6 Å². The monoisotopic (exact) mass is 468 g/mol. The van der Waals surface area contributed by atoms with Crippen LogP contribution in [0.25, 0.3) is 11.1 Å². The molecule has 1 aliphatic carbocycles. The van der Waals surface area contributed by atoms with Crippen molar-refractivity contribution in [2.24, 2.45) is 0 Å². The first-order chi connectivity index (χ1) is 16.1. The number of aliphatic carboxylic acids is 1. The number of amides is 2. The van der Waals surface area contributed by atoms with E-state index in [0.29, 0.717) is 0 Å². The molecule has 0 aromatic heterocycles. The van der Waals surface area contributed by atoms with Crippen molar-refractivity contribution < 1.29 is 29.0 Å². The molecule has 2 aromatic rings. The van der Waals surface area contributed by atoms with Crippen molar-refractivity contribution in [1.29, 1.82) is 0 Å². The maximum absolute atomic E-state index is 13.0. The van der Waals surface area contributed by atoms with Gasteiger partial charge in [-0.05, 0) is 49.4 Å². The van der Waals surface area contributed by atoms with Crippen molar-refractivity contribution in [3.63, 3.8) is 0 Å². The van der Waals surface area contributed by atoms with E-state index in [1.165, 1.54) is 7.11 Å². The van der Waals surface area contributed by atoms with E-state index in [4.69, 9.17) is 14.6 Å². The first-order valence-corrected chi connectivity index (χ1v) is 11.2. The number of hydrogen-bond donors (Lipinski definition) is 3. The van der Waals surface area contributed by atoms with Crippen LogP contribution >= 0.6 is 0 Å². The van der Waals surface area contributed by atoms with E-state index in [9.17, 15) is 14.4 Å². The molecule has 3 N–H and O–H groups in total. The van der Waals surface area contributed by atoms with Crippen molar-refractivity contribution in [3.05, 3.63) is 59.7 Å². The van der Waals surface area contributed by atoms with E-state index in [1.54, 1.807) is 20.8 Å². The highest BCUT2D eigenvalue weighted by Gasteiger charge is 2.39. The molecule has 34 heavy (non-hydrogen) atoms. The number of carbonyl (C=O) groups is 3. The van der Waals surface area contributed by atoms with E-state index in [2.05, 4.69) is 22.8 Å². The second-order valence-electron chi connectivity index (χ2n) is 9.45. The summed E-state index contributed by atoms with van der Waals surface area (Å²) in [6.45, 7) is 5.04. The summed E-state index contributed by atoms with van der Waals surface area (Å²) in [5, 5.41) is 14.4. The van der Waals surface area contributed by atoms with Crippen LogP contribution in [-0.2, 0) is 19.1 Å². The highest BCUT2D eigenvalue weighted by atomic mass is 16.5. The van der Waals surface area contributed by atoms with Gasteiger partial charge in [0.15, 0.2) is 0 Å². The predicted octanol–water partition coefficient (Wildman–Crippen LogP) is 3.69. The fourth-order valence-electron chi connectivity index (χ4n) is 4.23. The van der Waals surface area contributed by atoms with Gasteiger partial charge in [-0.25, -0.2) is 4.79 Å². The minimum absolute atomic E-state index is 0.0853. The van der Waals surface area contributed by atoms with Gasteiger partial charge in [-0.1, -0.05) is 48.5 Å². The zero-order valence-electron chi connectivity index (χ0n) is 20.0. The molecule has 0 heterocycles. The zero-order valence-corrected chi connectivity index (χ0v) is 20.0. The number of benzene rings is 2. The molecule has 0 fully saturated rings. The van der Waals surface area contributed by atoms with Crippen LogP contribution in [0.15, 0.2) is 48.5 Å². The third-order valence-corrected chi connectivity index (χ3v) is 6.07. The Labute approximate surface area is 199 Å². The summed E-state index contributed by atoms with van der Waals surface area (Å²) in [7, 11) is 1.43. The summed E-state index contributed by atoms with van der Waals surface area (Å²) in [5.74, 6) is -1.53. The quantitative estimate of drug-likeness (QED) is 0.490. The normalized spacial score (nSPS) is 14.5. The molecule has 3 rings (SSSR count). The number of fused-ring (bicyclic) bond motifs is 3. The Hall–Kier alpha value is -3.39. The van der Waals surface area contributed by atoms with Gasteiger partial charge in [0, 0.05) is 25.0 Å². The SMILES string of the molecule is COCC(C)(NC(=O)OCC1c2ccccc2-c2ccccc21)C(=O)NC(C)(C)CCC(=O)O. The Morgan fingerprint density at radius 1 is 0.941 bits per heavy atom. The minimum atomic E-state index is -1.40. The van der Waals surface area contributed by atoms with Crippen LogP contribution in [-0.4, -0.2) is 54.5 Å². The summed E-state index contributed by atoms with van der Waals surface area (Å²) < 4.78 is 10.8. The Bertz CT molecular complexity index is 1020. The minimum Gasteiger partial charge on any atom is -0.481 e. The molecule has 0 spiro atoms. The average Bonchev–Trinajstić information content (AvgIpc) is 3.10. The molecule has 0 saturated carbocycles. The molecule has 1 aliphatic rings. The predicted molar refractivity (Wildman–Crippen MR) is 128 cm³/mol. The number of carbonyl (C=O) groups excluding carboxylic acids is 2. The number of rotatable bonds is 10. The van der Waals surface area contributed by atoms with Crippen molar-refractivity contribution >= 4 is 18.0 Å². The van der Waals surface area contributed by atoms with Gasteiger partial charge >= 0.3 is 12.1 Å². The molecule has 0 bridgehead atoms. The molecule has 182 valence electrons. The number of nitrogens with one attached hydrogen (secondary N) is 2. The molecule has 8 nitrogen and oxygen atoms in total. The third kappa shape index (κ3) is 5.75. The number of carboxylic acids is 1. The van der Waals surface area contributed by atoms with Gasteiger partial charge < -0.3 is 25.2 Å². The lowest BCUT2D eigenvalue weighted by atomic mass is 9.95. The first-order valence-electron chi connectivity index (χ1n) is 11.2. The maximum atomic E-state index is 13.0. The molecule has 0 saturated heterocycles. The fourth-order valence-corrected chi connectivity index (χ4v) is 4.23. The Morgan fingerprint density at radius 3 is 2.03 bits per heavy atom. The number of methoxy groups -OCH3 is 1. The maximum Gasteiger partial charge on any atom is 0.408 e. The smallest absolute Gasteiger partial charge is 0.408 e. The van der Waals surface area contributed by atoms with Gasteiger partial charge in [0.1, 0.15) is 12.1 Å². The molecule has 1 unspecified atom stereocenters. The average molecular weight is 469 g/mol. The molecular weight excluding hydrogens is 436 g/mol. The van der Waals surface area contributed by atoms with Crippen LogP contribution in [0, 0.1) is 0 Å². The molecular formula is C26H32N2O6. The van der Waals surface area contributed by atoms with Crippen molar-refractivity contribution in [1.82, 2.24) is 10.6 Å². The van der Waals surface area contributed by atoms with Crippen molar-refractivity contribution in [2.75, 3.05) is 20.3 Å². The fraction of sp³-hybridized carbons (Fsp3) is 0.423. The van der Waals surface area contributed by atoms with Gasteiger partial charge in [-0.15, -0.1) is 0 Å². The highest BCUT2D eigenvalue weighted by Crippen LogP contribution is 2.44. The van der Waals surface area contributed by atoms with E-state index < -0.39 is 29.0 Å². The number of alkyl carbamates (subject to hydrolysis) is 1. The Balaban J connectivity index is 1.67. The summed E-state index contributed by atoms with van der Waals surface area (Å²) in [4.78, 5) is 36.7. The first kappa shape index (κ1) is 25.2. The van der Waals surface area contributed by atoms with Gasteiger partial charge in [0.25, 0.3) is 0 Å². The van der Waals surface area contributed by atoms with Gasteiger partial charge in [-0.2, -0.15) is 0 Å². The number of hydrogen-bond acceptors (Lipinski definition) is 5. The molecule has 8 heteroatoms. The van der Waals surface area contributed by atoms with Gasteiger partial charge in [0.2, 0.25) is 5.91 Å². The summed E-state index contributed by atoms with van der Waals surface area (Å²) in [6.07, 6.45) is -0.587. The van der Waals surface area contributed by atoms with E-state index in [1.807, 2.05) is 36.4 Å². The lowest BCUT2D eigenvalue weighted by molar-refractivity contribution is -0.138. The Kier molecular flexibility index (Phi) is 7.61. The van der Waals surface area contributed by atoms with E-state index >= 15 is 0 Å². The van der Waals surface area contributed by atoms with Crippen LogP contribution in [0.4, 0.5) is 4.79 Å². The lowest BCUT2D eigenvalue weighted by Gasteiger charge is -2.34. The second-order valence-corrected chi connectivity index (χ2v) is 9.45. The number of ether oxygens (including phenoxy) is 2. The van der Waals surface area contributed by atoms with Gasteiger partial charge in [0.05, 0.1) is 6.61 Å². The zero-order chi connectivity index (χ0) is 24.9. The van der Waals surface area contributed by atoms with Crippen LogP contribution in [0.2, 0.25) is 0 Å². The van der Waals surface area contributed by atoms with Crippen LogP contribution < -0.4 is 10.6 Å². The second kappa shape index (κ2) is 10.3. The standard InChI is InChI=1S/C26H32N2O6/c1-25(2,14-13-22(29)30)27-23(31)26(3,16-33-4)28-24(32)34-15-21-19-11-7-5-9-17(19)18-10-6-8-12-20(18)21/h5-12,21H,13-16H2,1-4H3,(H,27,31)(H,28,32)(H,29,30). The molecule has 1 atom stereocenters. The van der Waals surface area contributed by atoms with Crippen LogP contribution in [0.5, 0.6) is 0 Å². The third-order valence-electron chi connectivity index (χ3n) is 6.07. The van der Waals surface area contributed by atoms with E-state index in [0.717, 1.165) is 22.3 Å². The summed E-state index contributed by atoms with van der Waals surface area (Å²) in [5.41, 5.74) is 2.24. The lowest BCUT2D eigenvalue weighted by Crippen LogP contribution is -2.62. The molecule has 0 aliphatic heterocycles. The van der Waals surface area contributed by atoms with Crippen LogP contribution in [0.3, 0.4) is 0 Å². The molecule has 0 radical (unpaired) electrons. The number of carboxylic acid groups (broad SMARTS) is 1. The highest BCUT2D eigenvalue weighted by molar-refractivity contribution is 5.90. The van der Waals surface area contributed by atoms with E-state index in [-0.39, 0.29) is 32.0 Å². The van der Waals surface area contributed by atoms with Crippen molar-refractivity contribution in [3.8, 4) is 11.1 Å². The Morgan fingerprint density at radius 2 is 1.50 bits per heavy atom. The summed E-state index contributed by atoms with van der Waals surface area (Å²) in [6, 6.07) is 16.1.